The number of anilines is 1. The summed E-state index contributed by atoms with van der Waals surface area (Å²) < 4.78 is 22.9. The molecule has 2 aliphatic rings. The zero-order valence-electron chi connectivity index (χ0n) is 17.4. The molecule has 0 saturated carbocycles. The molecule has 0 fully saturated rings. The fraction of sp³-hybridized carbons (Fsp3) is 0.238. The number of rotatable bonds is 4. The van der Waals surface area contributed by atoms with Crippen molar-refractivity contribution in [2.45, 2.75) is 24.2 Å². The van der Waals surface area contributed by atoms with Crippen LogP contribution < -0.4 is 15.8 Å². The maximum Gasteiger partial charge on any atom is 0.254 e. The number of benzene rings is 2. The highest BCUT2D eigenvalue weighted by Crippen LogP contribution is 2.34. The highest BCUT2D eigenvalue weighted by atomic mass is 32.2. The van der Waals surface area contributed by atoms with Crippen molar-refractivity contribution in [3.63, 3.8) is 0 Å². The quantitative estimate of drug-likeness (QED) is 0.660. The SMILES string of the molecule is Cc1ccccc1[C@H]1C(=O)N(C)C2=C(NC(Nc3ccc(S(N)(=O)=O)cc3)N=C2)N1C. The third-order valence-corrected chi connectivity index (χ3v) is 6.43. The number of aliphatic imine (C=N–C) groups is 1. The lowest BCUT2D eigenvalue weighted by Crippen LogP contribution is -2.53. The highest BCUT2D eigenvalue weighted by Gasteiger charge is 2.39. The van der Waals surface area contributed by atoms with Gasteiger partial charge < -0.3 is 20.4 Å². The number of likely N-dealkylation sites (N-methyl/N-ethyl adjacent to an activating group) is 2. The summed E-state index contributed by atoms with van der Waals surface area (Å²) in [5.74, 6) is 0.734. The molecule has 2 aromatic carbocycles. The van der Waals surface area contributed by atoms with Gasteiger partial charge in [0.1, 0.15) is 17.6 Å². The minimum atomic E-state index is -3.75. The number of nitrogens with two attached hydrogens (primary N) is 1. The summed E-state index contributed by atoms with van der Waals surface area (Å²) in [6.07, 6.45) is 1.16. The largest absolute Gasteiger partial charge is 0.347 e. The summed E-state index contributed by atoms with van der Waals surface area (Å²) in [6.45, 7) is 1.99. The van der Waals surface area contributed by atoms with Gasteiger partial charge in [0.2, 0.25) is 10.0 Å². The van der Waals surface area contributed by atoms with E-state index >= 15 is 0 Å². The molecule has 0 spiro atoms. The molecule has 31 heavy (non-hydrogen) atoms. The molecule has 0 aliphatic carbocycles. The van der Waals surface area contributed by atoms with E-state index in [1.807, 2.05) is 43.1 Å². The molecule has 2 aromatic rings. The molecule has 0 saturated heterocycles. The second-order valence-electron chi connectivity index (χ2n) is 7.54. The molecule has 0 aromatic heterocycles. The number of primary sulfonamides is 1. The molecule has 0 bridgehead atoms. The van der Waals surface area contributed by atoms with Crippen molar-refractivity contribution in [2.24, 2.45) is 10.1 Å². The van der Waals surface area contributed by atoms with E-state index in [0.717, 1.165) is 16.9 Å². The van der Waals surface area contributed by atoms with Crippen LogP contribution in [0.15, 0.2) is 69.9 Å². The fourth-order valence-electron chi connectivity index (χ4n) is 3.78. The number of amides is 1. The smallest absolute Gasteiger partial charge is 0.254 e. The summed E-state index contributed by atoms with van der Waals surface area (Å²) >= 11 is 0. The Bertz CT molecular complexity index is 1190. The van der Waals surface area contributed by atoms with Crippen LogP contribution in [0, 0.1) is 6.92 Å². The number of hydrogen-bond acceptors (Lipinski definition) is 7. The number of sulfonamides is 1. The zero-order chi connectivity index (χ0) is 22.3. The standard InChI is InChI=1S/C21H24N6O3S/c1-13-6-4-5-7-16(13)18-20(28)26(2)17-12-23-21(25-19(17)27(18)3)24-14-8-10-15(11-9-14)31(22,29)30/h4-12,18,21,24-25H,1-3H3,(H2,22,29,30)/t18-,21?/m0/s1. The molecule has 162 valence electrons. The summed E-state index contributed by atoms with van der Waals surface area (Å²) in [5.41, 5.74) is 3.34. The van der Waals surface area contributed by atoms with Crippen molar-refractivity contribution < 1.29 is 13.2 Å². The molecule has 2 aliphatic heterocycles. The molecule has 4 N–H and O–H groups in total. The van der Waals surface area contributed by atoms with Gasteiger partial charge in [-0.05, 0) is 42.3 Å². The van der Waals surface area contributed by atoms with Crippen molar-refractivity contribution >= 4 is 27.8 Å². The first-order chi connectivity index (χ1) is 14.7. The number of hydrogen-bond donors (Lipinski definition) is 3. The predicted octanol–water partition coefficient (Wildman–Crippen LogP) is 1.33. The Morgan fingerprint density at radius 1 is 1.10 bits per heavy atom. The molecule has 0 radical (unpaired) electrons. The highest BCUT2D eigenvalue weighted by molar-refractivity contribution is 7.89. The van der Waals surface area contributed by atoms with Gasteiger partial charge in [0.05, 0.1) is 11.1 Å². The van der Waals surface area contributed by atoms with Gasteiger partial charge in [-0.25, -0.2) is 18.5 Å². The monoisotopic (exact) mass is 440 g/mol. The third-order valence-electron chi connectivity index (χ3n) is 5.50. The van der Waals surface area contributed by atoms with Crippen LogP contribution in [0.2, 0.25) is 0 Å². The van der Waals surface area contributed by atoms with Crippen LogP contribution in [-0.2, 0) is 14.8 Å². The van der Waals surface area contributed by atoms with Gasteiger partial charge in [0.15, 0.2) is 6.29 Å². The van der Waals surface area contributed by atoms with Crippen LogP contribution >= 0.6 is 0 Å². The van der Waals surface area contributed by atoms with Gasteiger partial charge in [0, 0.05) is 19.8 Å². The maximum atomic E-state index is 13.1. The minimum Gasteiger partial charge on any atom is -0.347 e. The van der Waals surface area contributed by atoms with Crippen LogP contribution in [0.25, 0.3) is 0 Å². The van der Waals surface area contributed by atoms with Crippen LogP contribution in [0.5, 0.6) is 0 Å². The normalized spacial score (nSPS) is 21.1. The summed E-state index contributed by atoms with van der Waals surface area (Å²) in [4.78, 5) is 21.1. The van der Waals surface area contributed by atoms with Gasteiger partial charge in [-0.2, -0.15) is 0 Å². The minimum absolute atomic E-state index is 0.0335. The van der Waals surface area contributed by atoms with Crippen molar-refractivity contribution in [2.75, 3.05) is 19.4 Å². The Balaban J connectivity index is 1.58. The molecular formula is C21H24N6O3S. The number of nitrogens with zero attached hydrogens (tertiary/aromatic N) is 3. The maximum absolute atomic E-state index is 13.1. The van der Waals surface area contributed by atoms with Gasteiger partial charge in [-0.3, -0.25) is 4.79 Å². The third kappa shape index (κ3) is 3.87. The molecule has 9 nitrogen and oxygen atoms in total. The van der Waals surface area contributed by atoms with E-state index in [4.69, 9.17) is 5.14 Å². The average Bonchev–Trinajstić information content (AvgIpc) is 2.73. The van der Waals surface area contributed by atoms with E-state index in [9.17, 15) is 13.2 Å². The lowest BCUT2D eigenvalue weighted by Gasteiger charge is -2.43. The van der Waals surface area contributed by atoms with Crippen molar-refractivity contribution in [3.8, 4) is 0 Å². The molecule has 1 unspecified atom stereocenters. The first kappa shape index (κ1) is 20.9. The van der Waals surface area contributed by atoms with Crippen LogP contribution in [0.4, 0.5) is 5.69 Å². The van der Waals surface area contributed by atoms with E-state index in [1.54, 1.807) is 30.3 Å². The summed E-state index contributed by atoms with van der Waals surface area (Å²) in [7, 11) is -0.132. The van der Waals surface area contributed by atoms with E-state index in [0.29, 0.717) is 11.4 Å². The molecule has 2 heterocycles. The first-order valence-electron chi connectivity index (χ1n) is 9.66. The van der Waals surface area contributed by atoms with Gasteiger partial charge in [-0.15, -0.1) is 0 Å². The van der Waals surface area contributed by atoms with Gasteiger partial charge in [-0.1, -0.05) is 24.3 Å². The van der Waals surface area contributed by atoms with E-state index in [1.165, 1.54) is 12.1 Å². The predicted molar refractivity (Wildman–Crippen MR) is 118 cm³/mol. The summed E-state index contributed by atoms with van der Waals surface area (Å²) in [6, 6.07) is 13.5. The number of carbonyl (C=O) groups excluding carboxylic acids is 1. The topological polar surface area (TPSA) is 120 Å². The second kappa shape index (κ2) is 7.71. The second-order valence-corrected chi connectivity index (χ2v) is 9.10. The van der Waals surface area contributed by atoms with Gasteiger partial charge in [0.25, 0.3) is 5.91 Å². The number of nitrogens with one attached hydrogen (secondary N) is 2. The fourth-order valence-corrected chi connectivity index (χ4v) is 4.29. The van der Waals surface area contributed by atoms with E-state index in [-0.39, 0.29) is 10.8 Å². The van der Waals surface area contributed by atoms with E-state index in [2.05, 4.69) is 15.6 Å². The number of aryl methyl sites for hydroxylation is 1. The van der Waals surface area contributed by atoms with Crippen LogP contribution in [-0.4, -0.2) is 50.7 Å². The Kier molecular flexibility index (Phi) is 5.19. The van der Waals surface area contributed by atoms with Gasteiger partial charge >= 0.3 is 0 Å². The zero-order valence-corrected chi connectivity index (χ0v) is 18.2. The number of carbonyl (C=O) groups is 1. The lowest BCUT2D eigenvalue weighted by molar-refractivity contribution is -0.134. The Hall–Kier alpha value is -3.37. The molecule has 2 atom stereocenters. The Morgan fingerprint density at radius 2 is 1.77 bits per heavy atom. The molecular weight excluding hydrogens is 416 g/mol. The van der Waals surface area contributed by atoms with Crippen LogP contribution in [0.3, 0.4) is 0 Å². The van der Waals surface area contributed by atoms with Crippen molar-refractivity contribution in [1.82, 2.24) is 15.1 Å². The van der Waals surface area contributed by atoms with Crippen molar-refractivity contribution in [1.29, 1.82) is 0 Å². The molecule has 1 amide bonds. The molecule has 10 heteroatoms. The van der Waals surface area contributed by atoms with Crippen LogP contribution in [0.1, 0.15) is 17.2 Å². The van der Waals surface area contributed by atoms with Crippen molar-refractivity contribution in [3.05, 3.63) is 71.2 Å². The number of allylic oxidation sites excluding steroid dienone is 1. The Morgan fingerprint density at radius 3 is 2.42 bits per heavy atom. The molecule has 4 rings (SSSR count). The average molecular weight is 441 g/mol. The van der Waals surface area contributed by atoms with E-state index < -0.39 is 22.4 Å². The Labute approximate surface area is 181 Å². The lowest BCUT2D eigenvalue weighted by atomic mass is 9.97. The first-order valence-corrected chi connectivity index (χ1v) is 11.2. The summed E-state index contributed by atoms with van der Waals surface area (Å²) in [5, 5.41) is 11.7.